The molecular weight excluding hydrogens is 300 g/mol. The molecule has 0 saturated carbocycles. The maximum atomic E-state index is 3.56. The van der Waals surface area contributed by atoms with E-state index in [1.165, 1.54) is 22.3 Å². The quantitative estimate of drug-likeness (QED) is 0.424. The Labute approximate surface area is 156 Å². The highest BCUT2D eigenvalue weighted by Gasteiger charge is 2.43. The van der Waals surface area contributed by atoms with Crippen LogP contribution in [0.25, 0.3) is 0 Å². The predicted octanol–water partition coefficient (Wildman–Crippen LogP) is 7.77. The Bertz CT molecular complexity index is 605. The minimum atomic E-state index is 0.280. The molecule has 0 aromatic heterocycles. The first-order chi connectivity index (χ1) is 11.7. The molecule has 0 amide bonds. The molecule has 0 bridgehead atoms. The van der Waals surface area contributed by atoms with Gasteiger partial charge in [-0.3, -0.25) is 0 Å². The van der Waals surface area contributed by atoms with Crippen LogP contribution in [0.15, 0.2) is 86.0 Å². The van der Waals surface area contributed by atoms with Crippen LogP contribution in [-0.2, 0) is 5.41 Å². The predicted molar refractivity (Wildman–Crippen MR) is 116 cm³/mol. The zero-order valence-corrected chi connectivity index (χ0v) is 17.1. The standard InChI is InChI=1S/C15H16.2C4H8.C2H4/c1-15(2)13-9-5-3-7-11(13)12-8-4-6-10-14(12)15;2*1-4(2)3;1-2/h3-11,13H,1-2H3;2*1H2,2-3H3;1-2H2. The fourth-order valence-corrected chi connectivity index (χ4v) is 3.15. The molecule has 0 aliphatic heterocycles. The van der Waals surface area contributed by atoms with Gasteiger partial charge in [0.05, 0.1) is 0 Å². The highest BCUT2D eigenvalue weighted by atomic mass is 14.5. The lowest BCUT2D eigenvalue weighted by atomic mass is 9.74. The third-order valence-electron chi connectivity index (χ3n) is 3.98. The molecule has 0 heteroatoms. The molecule has 25 heavy (non-hydrogen) atoms. The van der Waals surface area contributed by atoms with Crippen LogP contribution in [0.4, 0.5) is 0 Å². The molecule has 136 valence electrons. The van der Waals surface area contributed by atoms with E-state index in [0.29, 0.717) is 11.8 Å². The van der Waals surface area contributed by atoms with Crippen molar-refractivity contribution in [2.45, 2.75) is 52.9 Å². The summed E-state index contributed by atoms with van der Waals surface area (Å²) in [5, 5.41) is 0. The Morgan fingerprint density at radius 2 is 1.28 bits per heavy atom. The molecule has 0 radical (unpaired) electrons. The van der Waals surface area contributed by atoms with Crippen molar-refractivity contribution in [2.24, 2.45) is 5.92 Å². The van der Waals surface area contributed by atoms with Gasteiger partial charge in [0, 0.05) is 5.92 Å². The summed E-state index contributed by atoms with van der Waals surface area (Å²) >= 11 is 0. The van der Waals surface area contributed by atoms with Gasteiger partial charge in [-0.1, -0.05) is 73.6 Å². The summed E-state index contributed by atoms with van der Waals surface area (Å²) in [6.45, 7) is 25.7. The molecule has 0 saturated heterocycles. The zero-order valence-electron chi connectivity index (χ0n) is 17.1. The Morgan fingerprint density at radius 1 is 0.840 bits per heavy atom. The van der Waals surface area contributed by atoms with Gasteiger partial charge in [-0.15, -0.1) is 26.3 Å². The second-order valence-electron chi connectivity index (χ2n) is 7.54. The molecule has 1 aromatic rings. The van der Waals surface area contributed by atoms with Gasteiger partial charge in [0.15, 0.2) is 0 Å². The maximum absolute atomic E-state index is 3.56. The monoisotopic (exact) mass is 336 g/mol. The highest BCUT2D eigenvalue weighted by Crippen LogP contribution is 2.52. The summed E-state index contributed by atoms with van der Waals surface area (Å²) in [5.41, 5.74) is 5.66. The Balaban J connectivity index is 0.000000487. The summed E-state index contributed by atoms with van der Waals surface area (Å²) < 4.78 is 0. The van der Waals surface area contributed by atoms with Gasteiger partial charge < -0.3 is 0 Å². The lowest BCUT2D eigenvalue weighted by Crippen LogP contribution is -2.24. The van der Waals surface area contributed by atoms with E-state index in [2.05, 4.69) is 88.7 Å². The van der Waals surface area contributed by atoms with Crippen LogP contribution in [0.3, 0.4) is 0 Å². The smallest absolute Gasteiger partial charge is 0.00953 e. The number of fused-ring (bicyclic) bond motifs is 3. The molecule has 2 aliphatic rings. The molecule has 3 rings (SSSR count). The van der Waals surface area contributed by atoms with Gasteiger partial charge in [-0.05, 0) is 50.2 Å². The van der Waals surface area contributed by atoms with Crippen LogP contribution in [0.5, 0.6) is 0 Å². The first-order valence-electron chi connectivity index (χ1n) is 8.86. The summed E-state index contributed by atoms with van der Waals surface area (Å²) in [7, 11) is 0. The molecule has 1 aromatic carbocycles. The molecular formula is C25H36. The van der Waals surface area contributed by atoms with Crippen LogP contribution < -0.4 is 0 Å². The topological polar surface area (TPSA) is 0 Å². The Kier molecular flexibility index (Phi) is 9.82. The number of hydrogen-bond acceptors (Lipinski definition) is 0. The minimum Gasteiger partial charge on any atom is -0.106 e. The van der Waals surface area contributed by atoms with E-state index in [1.54, 1.807) is 0 Å². The van der Waals surface area contributed by atoms with Crippen LogP contribution in [-0.4, -0.2) is 0 Å². The molecule has 0 spiro atoms. The van der Waals surface area contributed by atoms with Crippen molar-refractivity contribution >= 4 is 0 Å². The van der Waals surface area contributed by atoms with Crippen molar-refractivity contribution in [3.05, 3.63) is 97.2 Å². The molecule has 0 fully saturated rings. The van der Waals surface area contributed by atoms with E-state index in [0.717, 1.165) is 0 Å². The SMILES string of the molecule is C=C.C=C(C)C.C=C(C)C.CC1(C)c2ccccc2C2C=CC=CC21. The molecule has 2 atom stereocenters. The normalized spacial score (nSPS) is 20.2. The van der Waals surface area contributed by atoms with Crippen molar-refractivity contribution in [1.82, 2.24) is 0 Å². The van der Waals surface area contributed by atoms with Crippen LogP contribution in [0, 0.1) is 5.92 Å². The molecule has 0 nitrogen and oxygen atoms in total. The summed E-state index contributed by atoms with van der Waals surface area (Å²) in [5.74, 6) is 1.24. The van der Waals surface area contributed by atoms with E-state index < -0.39 is 0 Å². The Morgan fingerprint density at radius 3 is 1.80 bits per heavy atom. The van der Waals surface area contributed by atoms with Crippen molar-refractivity contribution in [3.8, 4) is 0 Å². The third kappa shape index (κ3) is 6.74. The fraction of sp³-hybridized carbons (Fsp3) is 0.360. The van der Waals surface area contributed by atoms with E-state index in [9.17, 15) is 0 Å². The third-order valence-corrected chi connectivity index (χ3v) is 3.98. The molecule has 2 unspecified atom stereocenters. The summed E-state index contributed by atoms with van der Waals surface area (Å²) in [4.78, 5) is 0. The summed E-state index contributed by atoms with van der Waals surface area (Å²) in [6.07, 6.45) is 9.08. The first kappa shape index (κ1) is 22.9. The van der Waals surface area contributed by atoms with E-state index in [4.69, 9.17) is 0 Å². The average Bonchev–Trinajstić information content (AvgIpc) is 2.78. The van der Waals surface area contributed by atoms with E-state index in [-0.39, 0.29) is 5.41 Å². The second-order valence-corrected chi connectivity index (χ2v) is 7.54. The lowest BCUT2D eigenvalue weighted by molar-refractivity contribution is 0.394. The van der Waals surface area contributed by atoms with Gasteiger partial charge >= 0.3 is 0 Å². The van der Waals surface area contributed by atoms with Gasteiger partial charge in [0.25, 0.3) is 0 Å². The van der Waals surface area contributed by atoms with Crippen molar-refractivity contribution in [2.75, 3.05) is 0 Å². The number of allylic oxidation sites excluding steroid dienone is 6. The van der Waals surface area contributed by atoms with Crippen molar-refractivity contribution < 1.29 is 0 Å². The molecule has 0 heterocycles. The molecule has 0 N–H and O–H groups in total. The minimum absolute atomic E-state index is 0.280. The number of hydrogen-bond donors (Lipinski definition) is 0. The number of rotatable bonds is 0. The molecule has 2 aliphatic carbocycles. The van der Waals surface area contributed by atoms with Crippen molar-refractivity contribution in [1.29, 1.82) is 0 Å². The van der Waals surface area contributed by atoms with Gasteiger partial charge in [-0.2, -0.15) is 0 Å². The average molecular weight is 337 g/mol. The first-order valence-corrected chi connectivity index (χ1v) is 8.86. The maximum Gasteiger partial charge on any atom is 0.00953 e. The number of benzene rings is 1. The van der Waals surface area contributed by atoms with E-state index >= 15 is 0 Å². The largest absolute Gasteiger partial charge is 0.106 e. The zero-order chi connectivity index (χ0) is 19.6. The second kappa shape index (κ2) is 10.7. The van der Waals surface area contributed by atoms with Crippen molar-refractivity contribution in [3.63, 3.8) is 0 Å². The summed E-state index contributed by atoms with van der Waals surface area (Å²) in [6, 6.07) is 8.88. The van der Waals surface area contributed by atoms with Crippen LogP contribution in [0.1, 0.15) is 58.6 Å². The highest BCUT2D eigenvalue weighted by molar-refractivity contribution is 5.48. The van der Waals surface area contributed by atoms with Gasteiger partial charge in [0.2, 0.25) is 0 Å². The lowest BCUT2D eigenvalue weighted by Gasteiger charge is -2.29. The van der Waals surface area contributed by atoms with Gasteiger partial charge in [-0.25, -0.2) is 0 Å². The van der Waals surface area contributed by atoms with E-state index in [1.807, 2.05) is 27.7 Å². The fourth-order valence-electron chi connectivity index (χ4n) is 3.15. The van der Waals surface area contributed by atoms with Gasteiger partial charge in [0.1, 0.15) is 0 Å². The Hall–Kier alpha value is -2.08. The van der Waals surface area contributed by atoms with Crippen LogP contribution >= 0.6 is 0 Å². The van der Waals surface area contributed by atoms with Crippen LogP contribution in [0.2, 0.25) is 0 Å².